The molecule has 0 aromatic heterocycles. The third-order valence-electron chi connectivity index (χ3n) is 6.03. The van der Waals surface area contributed by atoms with Gasteiger partial charge in [-0.2, -0.15) is 26.3 Å². The van der Waals surface area contributed by atoms with Gasteiger partial charge in [0.2, 0.25) is 5.60 Å². The number of hydrazine groups is 1. The Morgan fingerprint density at radius 2 is 1.71 bits per heavy atom. The maximum absolute atomic E-state index is 14.3. The number of hydrogen-bond acceptors (Lipinski definition) is 6. The zero-order valence-corrected chi connectivity index (χ0v) is 16.1. The SMILES string of the molecule is O=C1CCCCC(F)(F)C[C@](O)(C(F)(F)F)C2NNC(O2)C2CCC(C(F)(F)F)C1N2. The van der Waals surface area contributed by atoms with E-state index in [9.17, 15) is 45.0 Å². The van der Waals surface area contributed by atoms with Gasteiger partial charge in [-0.15, -0.1) is 0 Å². The number of carbonyl (C=O) groups is 1. The van der Waals surface area contributed by atoms with Crippen molar-refractivity contribution in [2.75, 3.05) is 0 Å². The van der Waals surface area contributed by atoms with Crippen LogP contribution < -0.4 is 16.2 Å². The first kappa shape index (κ1) is 24.6. The molecule has 4 bridgehead atoms. The quantitative estimate of drug-likeness (QED) is 0.409. The topological polar surface area (TPSA) is 82.6 Å². The van der Waals surface area contributed by atoms with Crippen molar-refractivity contribution in [3.8, 4) is 0 Å². The second-order valence-electron chi connectivity index (χ2n) is 8.33. The molecule has 180 valence electrons. The van der Waals surface area contributed by atoms with E-state index in [1.807, 2.05) is 5.43 Å². The molecule has 0 aromatic rings. The Hall–Kier alpha value is -1.09. The smallest absolute Gasteiger partial charge is 0.377 e. The molecule has 0 saturated carbocycles. The van der Waals surface area contributed by atoms with Crippen molar-refractivity contribution >= 4 is 5.78 Å². The molecule has 3 fully saturated rings. The summed E-state index contributed by atoms with van der Waals surface area (Å²) in [6.45, 7) is 0. The molecule has 0 radical (unpaired) electrons. The van der Waals surface area contributed by atoms with Crippen molar-refractivity contribution in [2.45, 2.75) is 93.4 Å². The van der Waals surface area contributed by atoms with Gasteiger partial charge in [0.25, 0.3) is 5.92 Å². The largest absolute Gasteiger partial charge is 0.421 e. The average Bonchev–Trinajstić information content (AvgIpc) is 3.12. The van der Waals surface area contributed by atoms with E-state index in [4.69, 9.17) is 4.74 Å². The minimum Gasteiger partial charge on any atom is -0.377 e. The number of fused-ring (bicyclic) bond motifs is 5. The normalized spacial score (nSPS) is 40.4. The van der Waals surface area contributed by atoms with Gasteiger partial charge in [0.05, 0.1) is 18.4 Å². The van der Waals surface area contributed by atoms with Crippen molar-refractivity contribution in [2.24, 2.45) is 5.92 Å². The Balaban J connectivity index is 1.90. The summed E-state index contributed by atoms with van der Waals surface area (Å²) >= 11 is 0. The van der Waals surface area contributed by atoms with Crippen LogP contribution in [0, 0.1) is 5.92 Å². The van der Waals surface area contributed by atoms with Crippen molar-refractivity contribution in [3.05, 3.63) is 0 Å². The molecule has 3 heterocycles. The molecule has 0 aliphatic carbocycles. The van der Waals surface area contributed by atoms with E-state index in [1.165, 1.54) is 0 Å². The fraction of sp³-hybridized carbons (Fsp3) is 0.941. The average molecular weight is 469 g/mol. The lowest BCUT2D eigenvalue weighted by atomic mass is 9.82. The highest BCUT2D eigenvalue weighted by atomic mass is 19.4. The predicted molar refractivity (Wildman–Crippen MR) is 88.5 cm³/mol. The van der Waals surface area contributed by atoms with E-state index >= 15 is 0 Å². The summed E-state index contributed by atoms with van der Waals surface area (Å²) in [6.07, 6.45) is -18.7. The van der Waals surface area contributed by atoms with E-state index in [2.05, 4.69) is 10.7 Å². The van der Waals surface area contributed by atoms with Crippen LogP contribution >= 0.6 is 0 Å². The monoisotopic (exact) mass is 469 g/mol. The summed E-state index contributed by atoms with van der Waals surface area (Å²) in [7, 11) is 0. The van der Waals surface area contributed by atoms with E-state index in [1.54, 1.807) is 0 Å². The summed E-state index contributed by atoms with van der Waals surface area (Å²) in [5.74, 6) is -6.77. The molecule has 6 nitrogen and oxygen atoms in total. The van der Waals surface area contributed by atoms with Crippen molar-refractivity contribution in [1.82, 2.24) is 16.2 Å². The van der Waals surface area contributed by atoms with Gasteiger partial charge in [-0.1, -0.05) is 0 Å². The van der Waals surface area contributed by atoms with Crippen LogP contribution in [0.1, 0.15) is 44.9 Å². The van der Waals surface area contributed by atoms with Crippen molar-refractivity contribution < 1.29 is 49.8 Å². The van der Waals surface area contributed by atoms with Crippen molar-refractivity contribution in [3.63, 3.8) is 0 Å². The summed E-state index contributed by atoms with van der Waals surface area (Å²) in [4.78, 5) is 12.4. The third-order valence-corrected chi connectivity index (χ3v) is 6.03. The van der Waals surface area contributed by atoms with Gasteiger partial charge >= 0.3 is 12.4 Å². The van der Waals surface area contributed by atoms with Crippen LogP contribution in [-0.2, 0) is 9.53 Å². The Labute approximate surface area is 172 Å². The molecule has 0 aromatic carbocycles. The Bertz CT molecular complexity index is 674. The van der Waals surface area contributed by atoms with Gasteiger partial charge in [-0.05, 0) is 25.7 Å². The highest BCUT2D eigenvalue weighted by molar-refractivity contribution is 5.84. The first-order chi connectivity index (χ1) is 14.1. The molecule has 0 spiro atoms. The summed E-state index contributed by atoms with van der Waals surface area (Å²) in [5, 5.41) is 12.7. The van der Waals surface area contributed by atoms with Crippen LogP contribution in [-0.4, -0.2) is 59.3 Å². The van der Waals surface area contributed by atoms with Gasteiger partial charge < -0.3 is 15.2 Å². The Kier molecular flexibility index (Phi) is 6.62. The van der Waals surface area contributed by atoms with E-state index in [0.717, 1.165) is 0 Å². The molecule has 3 rings (SSSR count). The third kappa shape index (κ3) is 5.13. The summed E-state index contributed by atoms with van der Waals surface area (Å²) < 4.78 is 115. The molecule has 5 unspecified atom stereocenters. The Morgan fingerprint density at radius 3 is 2.32 bits per heavy atom. The number of nitrogens with one attached hydrogen (secondary N) is 3. The molecule has 3 saturated heterocycles. The molecule has 3 aliphatic rings. The molecular weight excluding hydrogens is 446 g/mol. The van der Waals surface area contributed by atoms with Gasteiger partial charge in [-0.25, -0.2) is 19.6 Å². The molecule has 14 heteroatoms. The maximum atomic E-state index is 14.3. The number of ketones is 1. The number of aliphatic hydroxyl groups is 1. The van der Waals surface area contributed by atoms with E-state index < -0.39 is 92.2 Å². The molecule has 4 N–H and O–H groups in total. The van der Waals surface area contributed by atoms with Crippen LogP contribution in [0.3, 0.4) is 0 Å². The highest BCUT2D eigenvalue weighted by Crippen LogP contribution is 2.44. The number of hydrogen-bond donors (Lipinski definition) is 4. The minimum atomic E-state index is -5.48. The van der Waals surface area contributed by atoms with Crippen LogP contribution in [0.15, 0.2) is 0 Å². The second kappa shape index (κ2) is 8.36. The second-order valence-corrected chi connectivity index (χ2v) is 8.33. The van der Waals surface area contributed by atoms with E-state index in [0.29, 0.717) is 0 Å². The van der Waals surface area contributed by atoms with Gasteiger partial charge in [0, 0.05) is 18.9 Å². The zero-order valence-electron chi connectivity index (χ0n) is 16.1. The Morgan fingerprint density at radius 1 is 1.03 bits per heavy atom. The number of carbonyl (C=O) groups excluding carboxylic acids is 1. The zero-order chi connectivity index (χ0) is 23.2. The summed E-state index contributed by atoms with van der Waals surface area (Å²) in [6, 6.07) is -2.70. The fourth-order valence-electron chi connectivity index (χ4n) is 4.33. The first-order valence-corrected chi connectivity index (χ1v) is 9.83. The number of Topliss-reactive ketones (excluding diaryl/α,β-unsaturated/α-hetero) is 1. The van der Waals surface area contributed by atoms with Crippen molar-refractivity contribution in [1.29, 1.82) is 0 Å². The number of piperidine rings is 1. The predicted octanol–water partition coefficient (Wildman–Crippen LogP) is 2.52. The minimum absolute atomic E-state index is 0.208. The molecule has 0 amide bonds. The van der Waals surface area contributed by atoms with Crippen LogP contribution in [0.4, 0.5) is 35.1 Å². The number of rotatable bonds is 0. The summed E-state index contributed by atoms with van der Waals surface area (Å²) in [5.41, 5.74) is 0.309. The van der Waals surface area contributed by atoms with Gasteiger partial charge in [0.1, 0.15) is 12.0 Å². The lowest BCUT2D eigenvalue weighted by molar-refractivity contribution is -0.314. The van der Waals surface area contributed by atoms with Crippen LogP contribution in [0.25, 0.3) is 0 Å². The van der Waals surface area contributed by atoms with Crippen LogP contribution in [0.2, 0.25) is 0 Å². The van der Waals surface area contributed by atoms with Crippen LogP contribution in [0.5, 0.6) is 0 Å². The lowest BCUT2D eigenvalue weighted by Crippen LogP contribution is -2.61. The lowest BCUT2D eigenvalue weighted by Gasteiger charge is -2.40. The number of alkyl halides is 8. The fourth-order valence-corrected chi connectivity index (χ4v) is 4.33. The van der Waals surface area contributed by atoms with Gasteiger partial charge in [-0.3, -0.25) is 4.79 Å². The molecule has 3 aliphatic heterocycles. The standard InChI is InChI=1S/C17H23F8N3O3/c18-14(19)6-2-1-3-10(29)11-8(16(20,21)22)4-5-9(26-11)12-27-28-13(31-12)15(30,7-14)17(23,24)25/h8-9,11-13,26-28,30H,1-7H2/t8?,9?,11?,12?,13?,15-/m1/s1. The molecule has 31 heavy (non-hydrogen) atoms. The maximum Gasteiger partial charge on any atom is 0.421 e. The number of ether oxygens (including phenoxy) is 1. The molecular formula is C17H23F8N3O3. The molecule has 6 atom stereocenters. The highest BCUT2D eigenvalue weighted by Gasteiger charge is 2.65. The first-order valence-electron chi connectivity index (χ1n) is 9.83. The van der Waals surface area contributed by atoms with E-state index in [-0.39, 0.29) is 12.8 Å². The number of halogens is 8. The van der Waals surface area contributed by atoms with Gasteiger partial charge in [0.15, 0.2) is 6.23 Å².